The van der Waals surface area contributed by atoms with Crippen LogP contribution < -0.4 is 4.90 Å². The molecule has 0 radical (unpaired) electrons. The van der Waals surface area contributed by atoms with E-state index in [9.17, 15) is 13.2 Å². The van der Waals surface area contributed by atoms with Crippen molar-refractivity contribution in [2.75, 3.05) is 11.4 Å². The second kappa shape index (κ2) is 6.95. The summed E-state index contributed by atoms with van der Waals surface area (Å²) in [4.78, 5) is 6.74. The molecule has 1 aliphatic carbocycles. The van der Waals surface area contributed by atoms with Gasteiger partial charge in [0.15, 0.2) is 0 Å². The number of aromatic nitrogens is 4. The second-order valence-corrected chi connectivity index (χ2v) is 8.88. The second-order valence-electron chi connectivity index (χ2n) is 8.88. The van der Waals surface area contributed by atoms with Gasteiger partial charge < -0.3 is 4.90 Å². The number of hydrogen-bond acceptors (Lipinski definition) is 4. The Morgan fingerprint density at radius 1 is 1.15 bits per heavy atom. The normalized spacial score (nSPS) is 17.0. The third kappa shape index (κ3) is 3.14. The van der Waals surface area contributed by atoms with E-state index in [4.69, 9.17) is 4.98 Å². The molecule has 3 heterocycles. The molecular weight excluding hydrogens is 427 g/mol. The minimum Gasteiger partial charge on any atom is -0.325 e. The number of anilines is 2. The summed E-state index contributed by atoms with van der Waals surface area (Å²) in [6.07, 6.45) is 4.01. The Morgan fingerprint density at radius 2 is 2.00 bits per heavy atom. The molecule has 0 spiro atoms. The highest BCUT2D eigenvalue weighted by Crippen LogP contribution is 2.56. The van der Waals surface area contributed by atoms with Crippen molar-refractivity contribution >= 4 is 28.2 Å². The third-order valence-electron chi connectivity index (χ3n) is 6.73. The lowest BCUT2D eigenvalue weighted by Gasteiger charge is -2.32. The van der Waals surface area contributed by atoms with Gasteiger partial charge in [-0.2, -0.15) is 4.98 Å². The highest BCUT2D eigenvalue weighted by molar-refractivity contribution is 5.94. The van der Waals surface area contributed by atoms with Crippen molar-refractivity contribution in [2.45, 2.75) is 38.5 Å². The fourth-order valence-electron chi connectivity index (χ4n) is 4.68. The summed E-state index contributed by atoms with van der Waals surface area (Å²) in [5.41, 5.74) is 2.21. The lowest BCUT2D eigenvalue weighted by Crippen LogP contribution is -2.26. The first-order valence-electron chi connectivity index (χ1n) is 11.0. The number of nitrogens with zero attached hydrogens (tertiary/aromatic N) is 5. The molecule has 166 valence electrons. The average Bonchev–Trinajstić information content (AvgIpc) is 3.46. The van der Waals surface area contributed by atoms with Gasteiger partial charge >= 0.3 is 0 Å². The Labute approximate surface area is 188 Å². The zero-order valence-electron chi connectivity index (χ0n) is 17.9. The van der Waals surface area contributed by atoms with Gasteiger partial charge in [0.1, 0.15) is 18.0 Å². The van der Waals surface area contributed by atoms with Crippen LogP contribution in [0.1, 0.15) is 37.3 Å². The number of fused-ring (bicyclic) bond motifs is 4. The number of halogens is 3. The van der Waals surface area contributed by atoms with Crippen molar-refractivity contribution in [3.05, 3.63) is 59.7 Å². The third-order valence-corrected chi connectivity index (χ3v) is 6.73. The lowest BCUT2D eigenvalue weighted by molar-refractivity contribution is -0.0294. The Hall–Kier alpha value is -3.60. The van der Waals surface area contributed by atoms with E-state index >= 15 is 0 Å². The molecule has 2 aliphatic rings. The van der Waals surface area contributed by atoms with Crippen LogP contribution in [0.4, 0.5) is 24.7 Å². The zero-order valence-corrected chi connectivity index (χ0v) is 17.9. The summed E-state index contributed by atoms with van der Waals surface area (Å²) in [7, 11) is 0. The highest BCUT2D eigenvalue weighted by Gasteiger charge is 2.58. The molecule has 0 atom stereocenters. The fourth-order valence-corrected chi connectivity index (χ4v) is 4.68. The topological polar surface area (TPSA) is 46.3 Å². The number of hydrogen-bond donors (Lipinski definition) is 0. The van der Waals surface area contributed by atoms with Crippen LogP contribution in [0.3, 0.4) is 0 Å². The van der Waals surface area contributed by atoms with E-state index in [1.54, 1.807) is 16.8 Å². The van der Waals surface area contributed by atoms with Crippen LogP contribution >= 0.6 is 0 Å². The summed E-state index contributed by atoms with van der Waals surface area (Å²) >= 11 is 0. The van der Waals surface area contributed by atoms with Gasteiger partial charge in [-0.15, -0.1) is 10.2 Å². The first kappa shape index (κ1) is 20.0. The zero-order chi connectivity index (χ0) is 22.8. The number of rotatable bonds is 2. The van der Waals surface area contributed by atoms with Crippen LogP contribution in [0.15, 0.2) is 42.7 Å². The van der Waals surface area contributed by atoms with E-state index in [2.05, 4.69) is 22.0 Å². The van der Waals surface area contributed by atoms with Gasteiger partial charge in [0, 0.05) is 30.1 Å². The molecule has 2 aromatic heterocycles. The van der Waals surface area contributed by atoms with Gasteiger partial charge in [-0.25, -0.2) is 13.2 Å². The fraction of sp³-hybridized carbons (Fsp3) is 0.320. The molecular formula is C25H20F3N5. The maximum absolute atomic E-state index is 14.2. The standard InChI is InChI=1S/C25H20F3N5/c1-24(27,28)25(11-12-25)10-9-16-4-2-6-20-18(16)5-3-13-32(20)22-19-14-17(26)7-8-21(19)33-15-29-31-23(33)30-22/h2,4,6-8,14-15H,3,5,11-13H2,1H3. The van der Waals surface area contributed by atoms with Crippen molar-refractivity contribution in [3.63, 3.8) is 0 Å². The van der Waals surface area contributed by atoms with Crippen molar-refractivity contribution in [3.8, 4) is 11.8 Å². The maximum Gasteiger partial charge on any atom is 0.261 e. The molecule has 1 saturated carbocycles. The van der Waals surface area contributed by atoms with E-state index in [1.165, 1.54) is 12.1 Å². The Bertz CT molecular complexity index is 1470. The highest BCUT2D eigenvalue weighted by atomic mass is 19.3. The van der Waals surface area contributed by atoms with E-state index in [0.29, 0.717) is 36.4 Å². The van der Waals surface area contributed by atoms with Gasteiger partial charge in [-0.3, -0.25) is 4.40 Å². The van der Waals surface area contributed by atoms with Crippen LogP contribution in [0.2, 0.25) is 0 Å². The summed E-state index contributed by atoms with van der Waals surface area (Å²) < 4.78 is 44.0. The minimum absolute atomic E-state index is 0.356. The molecule has 0 unspecified atom stereocenters. The van der Waals surface area contributed by atoms with Crippen LogP contribution in [-0.4, -0.2) is 32.0 Å². The van der Waals surface area contributed by atoms with Gasteiger partial charge in [-0.05, 0) is 61.6 Å². The van der Waals surface area contributed by atoms with Crippen LogP contribution in [0.25, 0.3) is 16.7 Å². The molecule has 8 heteroatoms. The summed E-state index contributed by atoms with van der Waals surface area (Å²) in [5.74, 6) is 3.79. The molecule has 4 aromatic rings. The van der Waals surface area contributed by atoms with Crippen LogP contribution in [-0.2, 0) is 6.42 Å². The number of benzene rings is 2. The van der Waals surface area contributed by atoms with Gasteiger partial charge in [0.25, 0.3) is 11.7 Å². The van der Waals surface area contributed by atoms with Crippen molar-refractivity contribution in [1.82, 2.24) is 19.6 Å². The smallest absolute Gasteiger partial charge is 0.261 e. The molecule has 1 aliphatic heterocycles. The largest absolute Gasteiger partial charge is 0.325 e. The Kier molecular flexibility index (Phi) is 4.22. The molecule has 0 saturated heterocycles. The molecule has 33 heavy (non-hydrogen) atoms. The summed E-state index contributed by atoms with van der Waals surface area (Å²) in [6.45, 7) is 1.64. The first-order valence-corrected chi connectivity index (χ1v) is 11.0. The SMILES string of the molecule is CC(F)(F)C1(C#Cc2cccc3c2CCCN3c2nc3nncn3c3ccc(F)cc23)CC1. The molecule has 0 N–H and O–H groups in total. The molecule has 6 rings (SSSR count). The van der Waals surface area contributed by atoms with Crippen molar-refractivity contribution < 1.29 is 13.2 Å². The van der Waals surface area contributed by atoms with Gasteiger partial charge in [-0.1, -0.05) is 17.9 Å². The van der Waals surface area contributed by atoms with Gasteiger partial charge in [0.2, 0.25) is 0 Å². The Morgan fingerprint density at radius 3 is 2.79 bits per heavy atom. The van der Waals surface area contributed by atoms with Crippen LogP contribution in [0.5, 0.6) is 0 Å². The summed E-state index contributed by atoms with van der Waals surface area (Å²) in [5, 5.41) is 8.69. The Balaban J connectivity index is 1.50. The quantitative estimate of drug-likeness (QED) is 0.392. The maximum atomic E-state index is 14.2. The van der Waals surface area contributed by atoms with Gasteiger partial charge in [0.05, 0.1) is 10.9 Å². The van der Waals surface area contributed by atoms with Crippen molar-refractivity contribution in [2.24, 2.45) is 5.41 Å². The molecule has 0 amide bonds. The predicted molar refractivity (Wildman–Crippen MR) is 119 cm³/mol. The minimum atomic E-state index is -2.82. The van der Waals surface area contributed by atoms with Crippen molar-refractivity contribution in [1.29, 1.82) is 0 Å². The average molecular weight is 447 g/mol. The monoisotopic (exact) mass is 447 g/mol. The predicted octanol–water partition coefficient (Wildman–Crippen LogP) is 5.29. The van der Waals surface area contributed by atoms with Crippen LogP contribution in [0, 0.1) is 23.1 Å². The van der Waals surface area contributed by atoms with E-state index in [0.717, 1.165) is 42.1 Å². The molecule has 1 fully saturated rings. The molecule has 0 bridgehead atoms. The first-order chi connectivity index (χ1) is 15.9. The summed E-state index contributed by atoms with van der Waals surface area (Å²) in [6, 6.07) is 10.3. The van der Waals surface area contributed by atoms with E-state index in [-0.39, 0.29) is 5.82 Å². The molecule has 5 nitrogen and oxygen atoms in total. The lowest BCUT2D eigenvalue weighted by atomic mass is 9.94. The number of alkyl halides is 2. The molecule has 2 aromatic carbocycles. The van der Waals surface area contributed by atoms with E-state index in [1.807, 2.05) is 23.1 Å². The van der Waals surface area contributed by atoms with E-state index < -0.39 is 11.3 Å².